The largest absolute Gasteiger partial charge is 0.481 e. The average molecular weight is 235 g/mol. The van der Waals surface area contributed by atoms with Crippen LogP contribution in [0.5, 0.6) is 5.88 Å². The summed E-state index contributed by atoms with van der Waals surface area (Å²) < 4.78 is 5.01. The number of pyridine rings is 1. The number of rotatable bonds is 5. The normalized spacial score (nSPS) is 18.2. The van der Waals surface area contributed by atoms with E-state index in [0.29, 0.717) is 12.3 Å². The maximum atomic E-state index is 10.0. The number of hydrogen-bond donors (Lipinski definition) is 1. The lowest BCUT2D eigenvalue weighted by molar-refractivity contribution is 0.143. The number of hydrogen-bond acceptors (Lipinski definition) is 3. The molecule has 0 bridgehead atoms. The van der Waals surface area contributed by atoms with Crippen molar-refractivity contribution in [3.63, 3.8) is 0 Å². The van der Waals surface area contributed by atoms with E-state index < -0.39 is 0 Å². The van der Waals surface area contributed by atoms with Crippen molar-refractivity contribution in [2.45, 2.75) is 44.6 Å². The van der Waals surface area contributed by atoms with E-state index in [2.05, 4.69) is 4.98 Å². The molecule has 1 aromatic rings. The van der Waals surface area contributed by atoms with Crippen LogP contribution in [0.2, 0.25) is 0 Å². The molecule has 3 nitrogen and oxygen atoms in total. The molecule has 3 heteroatoms. The van der Waals surface area contributed by atoms with Crippen LogP contribution in [0.3, 0.4) is 0 Å². The highest BCUT2D eigenvalue weighted by molar-refractivity contribution is 5.18. The molecule has 94 valence electrons. The molecule has 17 heavy (non-hydrogen) atoms. The number of aromatic nitrogens is 1. The maximum absolute atomic E-state index is 10.0. The molecule has 1 aromatic heterocycles. The van der Waals surface area contributed by atoms with Gasteiger partial charge in [-0.05, 0) is 24.3 Å². The summed E-state index contributed by atoms with van der Waals surface area (Å²) >= 11 is 0. The molecule has 2 rings (SSSR count). The van der Waals surface area contributed by atoms with E-state index in [9.17, 15) is 5.11 Å². The Morgan fingerprint density at radius 1 is 1.41 bits per heavy atom. The third-order valence-corrected chi connectivity index (χ3v) is 3.56. The third kappa shape index (κ3) is 3.70. The van der Waals surface area contributed by atoms with Gasteiger partial charge in [-0.1, -0.05) is 31.7 Å². The van der Waals surface area contributed by atoms with Gasteiger partial charge in [0.2, 0.25) is 5.88 Å². The Balaban J connectivity index is 1.81. The summed E-state index contributed by atoms with van der Waals surface area (Å²) in [6.45, 7) is 0. The smallest absolute Gasteiger partial charge is 0.212 e. The minimum atomic E-state index is -0.228. The molecule has 1 fully saturated rings. The summed E-state index contributed by atoms with van der Waals surface area (Å²) in [4.78, 5) is 4.15. The number of aliphatic hydroxyl groups excluding tert-OH is 1. The van der Waals surface area contributed by atoms with Crippen molar-refractivity contribution in [1.82, 2.24) is 4.98 Å². The molecule has 0 radical (unpaired) electrons. The van der Waals surface area contributed by atoms with Gasteiger partial charge in [-0.15, -0.1) is 0 Å². The van der Waals surface area contributed by atoms with Crippen molar-refractivity contribution in [2.24, 2.45) is 5.92 Å². The Labute approximate surface area is 103 Å². The molecule has 1 atom stereocenters. The standard InChI is InChI=1S/C14H21NO2/c1-17-14-7-6-12(10-15-14)9-13(16)8-11-4-2-3-5-11/h6-7,10-11,13,16H,2-5,8-9H2,1H3. The predicted octanol–water partition coefficient (Wildman–Crippen LogP) is 2.57. The van der Waals surface area contributed by atoms with Gasteiger partial charge in [0.1, 0.15) is 0 Å². The van der Waals surface area contributed by atoms with Crippen LogP contribution in [0.1, 0.15) is 37.7 Å². The van der Waals surface area contributed by atoms with Crippen molar-refractivity contribution >= 4 is 0 Å². The highest BCUT2D eigenvalue weighted by Crippen LogP contribution is 2.29. The van der Waals surface area contributed by atoms with E-state index in [4.69, 9.17) is 4.74 Å². The second-order valence-electron chi connectivity index (χ2n) is 4.95. The molecule has 1 aliphatic carbocycles. The summed E-state index contributed by atoms with van der Waals surface area (Å²) in [7, 11) is 1.61. The van der Waals surface area contributed by atoms with Crippen molar-refractivity contribution in [3.05, 3.63) is 23.9 Å². The predicted molar refractivity (Wildman–Crippen MR) is 67.1 cm³/mol. The summed E-state index contributed by atoms with van der Waals surface area (Å²) in [6.07, 6.45) is 8.45. The molecular formula is C14H21NO2. The van der Waals surface area contributed by atoms with Crippen LogP contribution >= 0.6 is 0 Å². The zero-order valence-corrected chi connectivity index (χ0v) is 10.4. The second kappa shape index (κ2) is 6.01. The van der Waals surface area contributed by atoms with Gasteiger partial charge in [-0.2, -0.15) is 0 Å². The van der Waals surface area contributed by atoms with Crippen molar-refractivity contribution < 1.29 is 9.84 Å². The Bertz CT molecular complexity index is 331. The fraction of sp³-hybridized carbons (Fsp3) is 0.643. The van der Waals surface area contributed by atoms with Crippen molar-refractivity contribution in [1.29, 1.82) is 0 Å². The number of aliphatic hydroxyl groups is 1. The van der Waals surface area contributed by atoms with Crippen LogP contribution in [0.15, 0.2) is 18.3 Å². The van der Waals surface area contributed by atoms with E-state index in [1.165, 1.54) is 25.7 Å². The first-order chi connectivity index (χ1) is 8.28. The van der Waals surface area contributed by atoms with Gasteiger partial charge in [-0.3, -0.25) is 0 Å². The van der Waals surface area contributed by atoms with Gasteiger partial charge in [-0.25, -0.2) is 4.98 Å². The lowest BCUT2D eigenvalue weighted by Gasteiger charge is -2.15. The van der Waals surface area contributed by atoms with E-state index >= 15 is 0 Å². The first kappa shape index (κ1) is 12.4. The van der Waals surface area contributed by atoms with Crippen LogP contribution in [-0.2, 0) is 6.42 Å². The fourth-order valence-electron chi connectivity index (χ4n) is 2.64. The quantitative estimate of drug-likeness (QED) is 0.853. The van der Waals surface area contributed by atoms with Gasteiger partial charge in [0.15, 0.2) is 0 Å². The molecule has 0 saturated heterocycles. The molecule has 1 N–H and O–H groups in total. The van der Waals surface area contributed by atoms with Gasteiger partial charge in [0, 0.05) is 12.3 Å². The molecule has 1 aliphatic rings. The van der Waals surface area contributed by atoms with Crippen LogP contribution in [0.25, 0.3) is 0 Å². The molecule has 0 spiro atoms. The lowest BCUT2D eigenvalue weighted by atomic mass is 9.96. The Morgan fingerprint density at radius 2 is 2.18 bits per heavy atom. The zero-order valence-electron chi connectivity index (χ0n) is 10.4. The van der Waals surface area contributed by atoms with Crippen molar-refractivity contribution in [3.8, 4) is 5.88 Å². The summed E-state index contributed by atoms with van der Waals surface area (Å²) in [5, 5.41) is 10.0. The van der Waals surface area contributed by atoms with Gasteiger partial charge in [0.25, 0.3) is 0 Å². The SMILES string of the molecule is COc1ccc(CC(O)CC2CCCC2)cn1. The van der Waals surface area contributed by atoms with Crippen LogP contribution in [0, 0.1) is 5.92 Å². The topological polar surface area (TPSA) is 42.4 Å². The van der Waals surface area contributed by atoms with E-state index in [-0.39, 0.29) is 6.10 Å². The highest BCUT2D eigenvalue weighted by Gasteiger charge is 2.18. The number of methoxy groups -OCH3 is 1. The minimum absolute atomic E-state index is 0.228. The highest BCUT2D eigenvalue weighted by atomic mass is 16.5. The molecule has 1 saturated carbocycles. The first-order valence-corrected chi connectivity index (χ1v) is 6.45. The third-order valence-electron chi connectivity index (χ3n) is 3.56. The molecule has 0 aromatic carbocycles. The molecule has 0 amide bonds. The Kier molecular flexibility index (Phi) is 4.37. The zero-order chi connectivity index (χ0) is 12.1. The van der Waals surface area contributed by atoms with Gasteiger partial charge >= 0.3 is 0 Å². The Morgan fingerprint density at radius 3 is 2.76 bits per heavy atom. The Hall–Kier alpha value is -1.09. The van der Waals surface area contributed by atoms with Gasteiger partial charge in [0.05, 0.1) is 13.2 Å². The maximum Gasteiger partial charge on any atom is 0.212 e. The van der Waals surface area contributed by atoms with Gasteiger partial charge < -0.3 is 9.84 Å². The molecule has 1 unspecified atom stereocenters. The minimum Gasteiger partial charge on any atom is -0.481 e. The van der Waals surface area contributed by atoms with Crippen LogP contribution in [0.4, 0.5) is 0 Å². The molecule has 0 aliphatic heterocycles. The monoisotopic (exact) mass is 235 g/mol. The first-order valence-electron chi connectivity index (χ1n) is 6.45. The van der Waals surface area contributed by atoms with Crippen LogP contribution in [-0.4, -0.2) is 23.3 Å². The summed E-state index contributed by atoms with van der Waals surface area (Å²) in [5.74, 6) is 1.36. The number of ether oxygens (including phenoxy) is 1. The van der Waals surface area contributed by atoms with E-state index in [0.717, 1.165) is 17.9 Å². The molecule has 1 heterocycles. The van der Waals surface area contributed by atoms with Crippen molar-refractivity contribution in [2.75, 3.05) is 7.11 Å². The molecular weight excluding hydrogens is 214 g/mol. The van der Waals surface area contributed by atoms with Crippen LogP contribution < -0.4 is 4.74 Å². The van der Waals surface area contributed by atoms with E-state index in [1.807, 2.05) is 12.1 Å². The summed E-state index contributed by atoms with van der Waals surface area (Å²) in [6, 6.07) is 3.82. The number of nitrogens with zero attached hydrogens (tertiary/aromatic N) is 1. The van der Waals surface area contributed by atoms with E-state index in [1.54, 1.807) is 13.3 Å². The second-order valence-corrected chi connectivity index (χ2v) is 4.95. The lowest BCUT2D eigenvalue weighted by Crippen LogP contribution is -2.14. The fourth-order valence-corrected chi connectivity index (χ4v) is 2.64. The average Bonchev–Trinajstić information content (AvgIpc) is 2.82. The summed E-state index contributed by atoms with van der Waals surface area (Å²) in [5.41, 5.74) is 1.08.